The van der Waals surface area contributed by atoms with Gasteiger partial charge in [0.15, 0.2) is 0 Å². The first kappa shape index (κ1) is 16.5. The van der Waals surface area contributed by atoms with E-state index in [2.05, 4.69) is 35.0 Å². The Labute approximate surface area is 130 Å². The maximum absolute atomic E-state index is 4.55. The molecule has 0 bridgehead atoms. The number of nitrogens with one attached hydrogen (secondary N) is 1. The second kappa shape index (κ2) is 9.24. The summed E-state index contributed by atoms with van der Waals surface area (Å²) in [5, 5.41) is 8.38. The molecular weight excluding hydrogens is 258 g/mol. The van der Waals surface area contributed by atoms with Crippen LogP contribution < -0.4 is 5.32 Å². The maximum atomic E-state index is 4.55. The van der Waals surface area contributed by atoms with Crippen LogP contribution in [0.3, 0.4) is 0 Å². The second-order valence-corrected chi connectivity index (χ2v) is 6.52. The molecule has 1 aromatic heterocycles. The number of hydrogen-bond acceptors (Lipinski definition) is 2. The molecule has 1 N–H and O–H groups in total. The van der Waals surface area contributed by atoms with Crippen LogP contribution in [0.4, 0.5) is 0 Å². The summed E-state index contributed by atoms with van der Waals surface area (Å²) in [6.07, 6.45) is 14.2. The molecule has 0 aliphatic heterocycles. The zero-order valence-corrected chi connectivity index (χ0v) is 14.0. The molecule has 0 spiro atoms. The predicted octanol–water partition coefficient (Wildman–Crippen LogP) is 4.69. The fourth-order valence-corrected chi connectivity index (χ4v) is 3.64. The molecule has 2 rings (SSSR count). The summed E-state index contributed by atoms with van der Waals surface area (Å²) in [5.41, 5.74) is 1.41. The molecule has 120 valence electrons. The van der Waals surface area contributed by atoms with Gasteiger partial charge in [0.05, 0.1) is 11.7 Å². The third kappa shape index (κ3) is 4.84. The van der Waals surface area contributed by atoms with Gasteiger partial charge in [-0.25, -0.2) is 0 Å². The minimum Gasteiger partial charge on any atom is -0.308 e. The molecule has 3 nitrogen and oxygen atoms in total. The summed E-state index contributed by atoms with van der Waals surface area (Å²) in [4.78, 5) is 0. The van der Waals surface area contributed by atoms with Crippen LogP contribution in [0.2, 0.25) is 0 Å². The summed E-state index contributed by atoms with van der Waals surface area (Å²) in [5.74, 6) is 0.782. The van der Waals surface area contributed by atoms with Crippen molar-refractivity contribution < 1.29 is 0 Å². The van der Waals surface area contributed by atoms with Gasteiger partial charge in [0, 0.05) is 12.7 Å². The lowest BCUT2D eigenvalue weighted by Gasteiger charge is -2.30. The minimum absolute atomic E-state index is 0.497. The van der Waals surface area contributed by atoms with Crippen molar-refractivity contribution in [2.24, 2.45) is 5.92 Å². The van der Waals surface area contributed by atoms with Crippen molar-refractivity contribution >= 4 is 0 Å². The quantitative estimate of drug-likeness (QED) is 0.789. The molecule has 21 heavy (non-hydrogen) atoms. The van der Waals surface area contributed by atoms with Crippen LogP contribution in [0, 0.1) is 5.92 Å². The molecule has 1 heterocycles. The molecule has 0 aromatic carbocycles. The summed E-state index contributed by atoms with van der Waals surface area (Å²) in [7, 11) is 0. The van der Waals surface area contributed by atoms with Gasteiger partial charge in [0.1, 0.15) is 0 Å². The molecule has 1 atom stereocenters. The molecule has 1 unspecified atom stereocenters. The Bertz CT molecular complexity index is 378. The first-order valence-electron chi connectivity index (χ1n) is 9.11. The Hall–Kier alpha value is -0.830. The van der Waals surface area contributed by atoms with Crippen LogP contribution in [-0.2, 0) is 6.54 Å². The van der Waals surface area contributed by atoms with Gasteiger partial charge in [-0.3, -0.25) is 4.68 Å². The number of rotatable bonds is 7. The van der Waals surface area contributed by atoms with Crippen LogP contribution in [0.15, 0.2) is 12.3 Å². The van der Waals surface area contributed by atoms with Gasteiger partial charge in [-0.1, -0.05) is 46.0 Å². The molecule has 0 amide bonds. The Kier molecular flexibility index (Phi) is 7.28. The van der Waals surface area contributed by atoms with E-state index in [4.69, 9.17) is 0 Å². The SMILES string of the molecule is CCCNC(c1ccnn1CCC)C1CCCCCCC1. The van der Waals surface area contributed by atoms with E-state index >= 15 is 0 Å². The lowest BCUT2D eigenvalue weighted by atomic mass is 9.84. The van der Waals surface area contributed by atoms with Gasteiger partial charge in [0.25, 0.3) is 0 Å². The Morgan fingerprint density at radius 3 is 2.52 bits per heavy atom. The molecule has 1 aliphatic carbocycles. The van der Waals surface area contributed by atoms with Gasteiger partial charge >= 0.3 is 0 Å². The van der Waals surface area contributed by atoms with E-state index < -0.39 is 0 Å². The third-order valence-electron chi connectivity index (χ3n) is 4.74. The molecule has 1 saturated carbocycles. The van der Waals surface area contributed by atoms with Crippen LogP contribution in [0.25, 0.3) is 0 Å². The van der Waals surface area contributed by atoms with Gasteiger partial charge in [-0.15, -0.1) is 0 Å². The molecule has 3 heteroatoms. The highest BCUT2D eigenvalue weighted by atomic mass is 15.3. The van der Waals surface area contributed by atoms with E-state index in [1.807, 2.05) is 6.20 Å². The molecule has 1 fully saturated rings. The lowest BCUT2D eigenvalue weighted by molar-refractivity contribution is 0.276. The summed E-state index contributed by atoms with van der Waals surface area (Å²) < 4.78 is 2.23. The van der Waals surface area contributed by atoms with Gasteiger partial charge < -0.3 is 5.32 Å². The average molecular weight is 291 g/mol. The monoisotopic (exact) mass is 291 g/mol. The van der Waals surface area contributed by atoms with Crippen LogP contribution >= 0.6 is 0 Å². The number of aromatic nitrogens is 2. The van der Waals surface area contributed by atoms with Crippen molar-refractivity contribution in [3.05, 3.63) is 18.0 Å². The fourth-order valence-electron chi connectivity index (χ4n) is 3.64. The molecule has 0 radical (unpaired) electrons. The van der Waals surface area contributed by atoms with E-state index in [1.165, 1.54) is 57.1 Å². The Morgan fingerprint density at radius 2 is 1.86 bits per heavy atom. The highest BCUT2D eigenvalue weighted by Crippen LogP contribution is 2.33. The highest BCUT2D eigenvalue weighted by Gasteiger charge is 2.25. The zero-order chi connectivity index (χ0) is 14.9. The molecule has 0 saturated heterocycles. The van der Waals surface area contributed by atoms with Crippen molar-refractivity contribution in [2.75, 3.05) is 6.54 Å². The van der Waals surface area contributed by atoms with Gasteiger partial charge in [-0.05, 0) is 44.2 Å². The Morgan fingerprint density at radius 1 is 1.14 bits per heavy atom. The standard InChI is InChI=1S/C18H33N3/c1-3-13-19-18(16-10-8-6-5-7-9-11-16)17-12-14-20-21(17)15-4-2/h12,14,16,18-19H,3-11,13,15H2,1-2H3. The highest BCUT2D eigenvalue weighted by molar-refractivity contribution is 5.09. The van der Waals surface area contributed by atoms with Crippen molar-refractivity contribution in [1.82, 2.24) is 15.1 Å². The first-order valence-corrected chi connectivity index (χ1v) is 9.11. The van der Waals surface area contributed by atoms with Crippen LogP contribution in [0.1, 0.15) is 83.4 Å². The van der Waals surface area contributed by atoms with Crippen molar-refractivity contribution in [2.45, 2.75) is 84.2 Å². The summed E-state index contributed by atoms with van der Waals surface area (Å²) in [6.45, 7) is 6.64. The number of aryl methyl sites for hydroxylation is 1. The summed E-state index contributed by atoms with van der Waals surface area (Å²) in [6, 6.07) is 2.74. The van der Waals surface area contributed by atoms with E-state index in [9.17, 15) is 0 Å². The lowest BCUT2D eigenvalue weighted by Crippen LogP contribution is -2.31. The Balaban J connectivity index is 2.13. The van der Waals surface area contributed by atoms with E-state index in [0.29, 0.717) is 6.04 Å². The van der Waals surface area contributed by atoms with Crippen molar-refractivity contribution in [3.8, 4) is 0 Å². The van der Waals surface area contributed by atoms with E-state index in [0.717, 1.165) is 25.4 Å². The second-order valence-electron chi connectivity index (χ2n) is 6.52. The largest absolute Gasteiger partial charge is 0.308 e. The third-order valence-corrected chi connectivity index (χ3v) is 4.74. The van der Waals surface area contributed by atoms with Gasteiger partial charge in [0.2, 0.25) is 0 Å². The molecular formula is C18H33N3. The smallest absolute Gasteiger partial charge is 0.0556 e. The van der Waals surface area contributed by atoms with E-state index in [1.54, 1.807) is 0 Å². The zero-order valence-electron chi connectivity index (χ0n) is 14.0. The normalized spacial score (nSPS) is 19.1. The molecule has 1 aromatic rings. The van der Waals surface area contributed by atoms with Crippen LogP contribution in [0.5, 0.6) is 0 Å². The average Bonchev–Trinajstić information content (AvgIpc) is 2.89. The minimum atomic E-state index is 0.497. The first-order chi connectivity index (χ1) is 10.4. The maximum Gasteiger partial charge on any atom is 0.0556 e. The number of hydrogen-bond donors (Lipinski definition) is 1. The number of nitrogens with zero attached hydrogens (tertiary/aromatic N) is 2. The van der Waals surface area contributed by atoms with Crippen LogP contribution in [-0.4, -0.2) is 16.3 Å². The molecule has 1 aliphatic rings. The fraction of sp³-hybridized carbons (Fsp3) is 0.833. The van der Waals surface area contributed by atoms with Gasteiger partial charge in [-0.2, -0.15) is 5.10 Å². The predicted molar refractivity (Wildman–Crippen MR) is 89.4 cm³/mol. The van der Waals surface area contributed by atoms with E-state index in [-0.39, 0.29) is 0 Å². The topological polar surface area (TPSA) is 29.9 Å². The summed E-state index contributed by atoms with van der Waals surface area (Å²) >= 11 is 0. The van der Waals surface area contributed by atoms with Crippen molar-refractivity contribution in [1.29, 1.82) is 0 Å². The van der Waals surface area contributed by atoms with Crippen molar-refractivity contribution in [3.63, 3.8) is 0 Å².